The minimum absolute atomic E-state index is 0.417. The maximum atomic E-state index is 8.59. The number of benzene rings is 1. The van der Waals surface area contributed by atoms with Crippen LogP contribution in [0, 0.1) is 30.4 Å². The molecular weight excluding hydrogens is 266 g/mol. The van der Waals surface area contributed by atoms with E-state index in [1.165, 1.54) is 11.8 Å². The van der Waals surface area contributed by atoms with Crippen LogP contribution in [0.3, 0.4) is 0 Å². The summed E-state index contributed by atoms with van der Waals surface area (Å²) < 4.78 is 5.49. The predicted molar refractivity (Wildman–Crippen MR) is 78.4 cm³/mol. The molecule has 0 bridgehead atoms. The van der Waals surface area contributed by atoms with Crippen molar-refractivity contribution in [2.24, 2.45) is 5.92 Å². The lowest BCUT2D eigenvalue weighted by molar-refractivity contribution is 0.403. The molecule has 0 aliphatic rings. The van der Waals surface area contributed by atoms with E-state index in [1.807, 2.05) is 19.9 Å². The summed E-state index contributed by atoms with van der Waals surface area (Å²) >= 11 is 7.52. The van der Waals surface area contributed by atoms with Gasteiger partial charge in [-0.25, -0.2) is 0 Å². The number of methoxy groups -OCH3 is 1. The van der Waals surface area contributed by atoms with E-state index in [9.17, 15) is 0 Å². The zero-order valence-corrected chi connectivity index (χ0v) is 12.8. The third-order valence-electron chi connectivity index (χ3n) is 2.98. The van der Waals surface area contributed by atoms with Crippen molar-refractivity contribution in [1.82, 2.24) is 0 Å². The second-order valence-corrected chi connectivity index (χ2v) is 5.74. The lowest BCUT2D eigenvalue weighted by atomic mass is 9.95. The lowest BCUT2D eigenvalue weighted by Gasteiger charge is -2.18. The van der Waals surface area contributed by atoms with Crippen LogP contribution in [0.25, 0.3) is 0 Å². The largest absolute Gasteiger partial charge is 0.496 e. The van der Waals surface area contributed by atoms with E-state index in [1.54, 1.807) is 7.11 Å². The van der Waals surface area contributed by atoms with Crippen molar-refractivity contribution in [2.75, 3.05) is 12.9 Å². The number of rotatable bonds is 5. The lowest BCUT2D eigenvalue weighted by Crippen LogP contribution is -2.07. The fraction of sp³-hybridized carbons (Fsp3) is 0.500. The van der Waals surface area contributed by atoms with Crippen LogP contribution in [0.1, 0.15) is 23.6 Å². The molecule has 1 unspecified atom stereocenters. The van der Waals surface area contributed by atoms with Crippen LogP contribution in [0.15, 0.2) is 6.07 Å². The van der Waals surface area contributed by atoms with Gasteiger partial charge in [0.25, 0.3) is 0 Å². The van der Waals surface area contributed by atoms with Crippen LogP contribution in [0.2, 0.25) is 5.02 Å². The number of thiocyanates is 1. The van der Waals surface area contributed by atoms with Gasteiger partial charge in [-0.2, -0.15) is 5.26 Å². The molecule has 0 radical (unpaired) electrons. The molecule has 18 heavy (non-hydrogen) atoms. The Balaban J connectivity index is 3.03. The minimum Gasteiger partial charge on any atom is -0.496 e. The van der Waals surface area contributed by atoms with E-state index in [4.69, 9.17) is 21.6 Å². The van der Waals surface area contributed by atoms with Crippen LogP contribution in [-0.4, -0.2) is 12.9 Å². The van der Waals surface area contributed by atoms with Gasteiger partial charge in [-0.1, -0.05) is 18.5 Å². The Labute approximate surface area is 118 Å². The second kappa shape index (κ2) is 6.92. The molecule has 0 aliphatic heterocycles. The first kappa shape index (κ1) is 15.2. The van der Waals surface area contributed by atoms with Gasteiger partial charge in [-0.3, -0.25) is 0 Å². The molecule has 4 heteroatoms. The Morgan fingerprint density at radius 2 is 2.17 bits per heavy atom. The van der Waals surface area contributed by atoms with Crippen LogP contribution in [0.5, 0.6) is 5.75 Å². The fourth-order valence-corrected chi connectivity index (χ4v) is 2.79. The number of hydrogen-bond acceptors (Lipinski definition) is 3. The molecule has 1 atom stereocenters. The molecule has 0 N–H and O–H groups in total. The molecule has 0 amide bonds. The predicted octanol–water partition coefficient (Wildman–Crippen LogP) is 4.36. The maximum Gasteiger partial charge on any atom is 0.133 e. The molecule has 0 aliphatic carbocycles. The molecule has 1 rings (SSSR count). The van der Waals surface area contributed by atoms with Gasteiger partial charge in [0.1, 0.15) is 11.2 Å². The van der Waals surface area contributed by atoms with Gasteiger partial charge in [0.15, 0.2) is 0 Å². The van der Waals surface area contributed by atoms with Crippen molar-refractivity contribution in [2.45, 2.75) is 27.2 Å². The summed E-state index contributed by atoms with van der Waals surface area (Å²) in [6, 6.07) is 1.94. The summed E-state index contributed by atoms with van der Waals surface area (Å²) in [5.41, 5.74) is 3.30. The molecule has 0 spiro atoms. The van der Waals surface area contributed by atoms with E-state index in [2.05, 4.69) is 12.3 Å². The number of thioether (sulfide) groups is 1. The van der Waals surface area contributed by atoms with Gasteiger partial charge < -0.3 is 4.74 Å². The molecule has 0 heterocycles. The Kier molecular flexibility index (Phi) is 5.84. The average molecular weight is 284 g/mol. The first-order valence-electron chi connectivity index (χ1n) is 5.84. The third kappa shape index (κ3) is 3.57. The Morgan fingerprint density at radius 1 is 1.50 bits per heavy atom. The third-order valence-corrected chi connectivity index (χ3v) is 4.23. The highest BCUT2D eigenvalue weighted by molar-refractivity contribution is 8.03. The van der Waals surface area contributed by atoms with E-state index < -0.39 is 0 Å². The zero-order chi connectivity index (χ0) is 13.7. The SMILES string of the molecule is COc1c(C)cc(Cl)c(C)c1CC(C)CSC#N. The average Bonchev–Trinajstić information content (AvgIpc) is 2.33. The molecule has 0 fully saturated rings. The zero-order valence-electron chi connectivity index (χ0n) is 11.2. The Morgan fingerprint density at radius 3 is 2.72 bits per heavy atom. The van der Waals surface area contributed by atoms with Crippen LogP contribution < -0.4 is 4.74 Å². The first-order chi connectivity index (χ1) is 8.51. The molecule has 98 valence electrons. The molecule has 0 saturated heterocycles. The number of halogens is 1. The Hall–Kier alpha value is -0.850. The van der Waals surface area contributed by atoms with Crippen molar-refractivity contribution >= 4 is 23.4 Å². The number of nitriles is 1. The van der Waals surface area contributed by atoms with Gasteiger partial charge in [0.2, 0.25) is 0 Å². The van der Waals surface area contributed by atoms with Gasteiger partial charge in [0.05, 0.1) is 7.11 Å². The van der Waals surface area contributed by atoms with Gasteiger partial charge in [0, 0.05) is 10.8 Å². The summed E-state index contributed by atoms with van der Waals surface area (Å²) in [4.78, 5) is 0. The number of nitrogens with zero attached hydrogens (tertiary/aromatic N) is 1. The quantitative estimate of drug-likeness (QED) is 0.753. The number of ether oxygens (including phenoxy) is 1. The van der Waals surface area contributed by atoms with Crippen molar-refractivity contribution < 1.29 is 4.74 Å². The highest BCUT2D eigenvalue weighted by Crippen LogP contribution is 2.34. The first-order valence-corrected chi connectivity index (χ1v) is 7.21. The second-order valence-electron chi connectivity index (χ2n) is 4.52. The molecule has 0 aromatic heterocycles. The minimum atomic E-state index is 0.417. The van der Waals surface area contributed by atoms with Crippen molar-refractivity contribution in [3.63, 3.8) is 0 Å². The van der Waals surface area contributed by atoms with Crippen LogP contribution in [-0.2, 0) is 6.42 Å². The van der Waals surface area contributed by atoms with Crippen molar-refractivity contribution in [3.8, 4) is 11.2 Å². The van der Waals surface area contributed by atoms with E-state index in [-0.39, 0.29) is 0 Å². The van der Waals surface area contributed by atoms with Gasteiger partial charge >= 0.3 is 0 Å². The summed E-state index contributed by atoms with van der Waals surface area (Å²) in [6.45, 7) is 6.16. The summed E-state index contributed by atoms with van der Waals surface area (Å²) in [5, 5.41) is 11.5. The number of aryl methyl sites for hydroxylation is 1. The standard InChI is InChI=1S/C14H18ClNOS/c1-9(7-18-8-16)5-12-11(3)13(15)6-10(2)14(12)17-4/h6,9H,5,7H2,1-4H3. The summed E-state index contributed by atoms with van der Waals surface area (Å²) in [6.07, 6.45) is 0.880. The summed E-state index contributed by atoms with van der Waals surface area (Å²) in [5.74, 6) is 2.16. The van der Waals surface area contributed by atoms with E-state index in [0.29, 0.717) is 5.92 Å². The fourth-order valence-electron chi connectivity index (χ4n) is 2.03. The highest BCUT2D eigenvalue weighted by atomic mass is 35.5. The summed E-state index contributed by atoms with van der Waals surface area (Å²) in [7, 11) is 1.69. The van der Waals surface area contributed by atoms with Gasteiger partial charge in [-0.05, 0) is 60.7 Å². The molecule has 1 aromatic rings. The normalized spacial score (nSPS) is 12.0. The topological polar surface area (TPSA) is 33.0 Å². The van der Waals surface area contributed by atoms with Crippen molar-refractivity contribution in [3.05, 3.63) is 27.8 Å². The van der Waals surface area contributed by atoms with Gasteiger partial charge in [-0.15, -0.1) is 0 Å². The highest BCUT2D eigenvalue weighted by Gasteiger charge is 2.16. The number of hydrogen-bond donors (Lipinski definition) is 0. The van der Waals surface area contributed by atoms with Crippen molar-refractivity contribution in [1.29, 1.82) is 5.26 Å². The maximum absolute atomic E-state index is 8.59. The molecule has 0 saturated carbocycles. The van der Waals surface area contributed by atoms with Crippen LogP contribution >= 0.6 is 23.4 Å². The molecular formula is C14H18ClNOS. The van der Waals surface area contributed by atoms with Crippen LogP contribution in [0.4, 0.5) is 0 Å². The monoisotopic (exact) mass is 283 g/mol. The molecule has 1 aromatic carbocycles. The van der Waals surface area contributed by atoms with E-state index >= 15 is 0 Å². The van der Waals surface area contributed by atoms with E-state index in [0.717, 1.165) is 39.6 Å². The Bertz CT molecular complexity index is 468. The molecule has 2 nitrogen and oxygen atoms in total. The smallest absolute Gasteiger partial charge is 0.133 e.